The van der Waals surface area contributed by atoms with E-state index in [1.54, 1.807) is 27.8 Å². The summed E-state index contributed by atoms with van der Waals surface area (Å²) in [7, 11) is 0. The van der Waals surface area contributed by atoms with Gasteiger partial charge in [-0.25, -0.2) is 4.68 Å². The van der Waals surface area contributed by atoms with Crippen molar-refractivity contribution in [1.82, 2.24) is 24.9 Å². The first-order valence-corrected chi connectivity index (χ1v) is 9.91. The van der Waals surface area contributed by atoms with E-state index in [4.69, 9.17) is 16.3 Å². The topological polar surface area (TPSA) is 74.0 Å². The maximum atomic E-state index is 12.3. The first-order valence-electron chi connectivity index (χ1n) is 9.53. The molecule has 0 saturated heterocycles. The molecule has 0 aliphatic heterocycles. The number of rotatable bonds is 7. The van der Waals surface area contributed by atoms with E-state index in [9.17, 15) is 4.79 Å². The second-order valence-electron chi connectivity index (χ2n) is 7.75. The summed E-state index contributed by atoms with van der Waals surface area (Å²) in [6, 6.07) is 9.64. The van der Waals surface area contributed by atoms with Crippen LogP contribution in [0.25, 0.3) is 0 Å². The van der Waals surface area contributed by atoms with Crippen LogP contribution in [0.4, 0.5) is 0 Å². The molecule has 0 bridgehead atoms. The molecule has 2 aromatic heterocycles. The van der Waals surface area contributed by atoms with Crippen molar-refractivity contribution in [2.75, 3.05) is 0 Å². The van der Waals surface area contributed by atoms with E-state index >= 15 is 0 Å². The van der Waals surface area contributed by atoms with Gasteiger partial charge in [0.05, 0.1) is 11.6 Å². The van der Waals surface area contributed by atoms with Gasteiger partial charge < -0.3 is 10.1 Å². The summed E-state index contributed by atoms with van der Waals surface area (Å²) in [6.07, 6.45) is 3.44. The predicted molar refractivity (Wildman–Crippen MR) is 112 cm³/mol. The third-order valence-corrected chi connectivity index (χ3v) is 4.80. The average molecular weight is 416 g/mol. The Morgan fingerprint density at radius 1 is 1.14 bits per heavy atom. The lowest BCUT2D eigenvalue weighted by atomic mass is 9.87. The fourth-order valence-electron chi connectivity index (χ4n) is 2.72. The number of amides is 1. The Balaban J connectivity index is 1.53. The van der Waals surface area contributed by atoms with Crippen molar-refractivity contribution >= 4 is 17.5 Å². The zero-order valence-corrected chi connectivity index (χ0v) is 17.9. The van der Waals surface area contributed by atoms with Crippen LogP contribution in [0.5, 0.6) is 5.75 Å². The maximum Gasteiger partial charge on any atom is 0.272 e. The van der Waals surface area contributed by atoms with Gasteiger partial charge in [-0.05, 0) is 36.1 Å². The molecule has 8 heteroatoms. The van der Waals surface area contributed by atoms with Gasteiger partial charge in [0, 0.05) is 18.9 Å². The highest BCUT2D eigenvalue weighted by Crippen LogP contribution is 2.24. The van der Waals surface area contributed by atoms with Crippen LogP contribution in [0.3, 0.4) is 0 Å². The number of halogens is 1. The van der Waals surface area contributed by atoms with Gasteiger partial charge in [0.1, 0.15) is 17.1 Å². The Kier molecular flexibility index (Phi) is 6.27. The van der Waals surface area contributed by atoms with Gasteiger partial charge >= 0.3 is 0 Å². The molecule has 1 amide bonds. The largest absolute Gasteiger partial charge is 0.471 e. The van der Waals surface area contributed by atoms with Crippen molar-refractivity contribution in [2.45, 2.75) is 52.9 Å². The van der Waals surface area contributed by atoms with E-state index in [0.717, 1.165) is 12.3 Å². The molecule has 2 heterocycles. The first-order chi connectivity index (χ1) is 13.8. The SMILES string of the molecule is CCn1cc(Cl)c(CNC(=O)c2ccn(COc3ccc(C(C)(C)C)cc3)n2)n1. The molecule has 0 aliphatic carbocycles. The number of aryl methyl sites for hydroxylation is 1. The van der Waals surface area contributed by atoms with E-state index in [1.165, 1.54) is 5.56 Å². The average Bonchev–Trinajstić information content (AvgIpc) is 3.30. The summed E-state index contributed by atoms with van der Waals surface area (Å²) in [6.45, 7) is 9.66. The lowest BCUT2D eigenvalue weighted by Crippen LogP contribution is -2.24. The minimum atomic E-state index is -0.291. The molecule has 0 saturated carbocycles. The Bertz CT molecular complexity index is 970. The summed E-state index contributed by atoms with van der Waals surface area (Å²) in [5.41, 5.74) is 2.28. The fourth-order valence-corrected chi connectivity index (χ4v) is 2.94. The number of aromatic nitrogens is 4. The molecule has 0 aliphatic rings. The van der Waals surface area contributed by atoms with Crippen LogP contribution in [0.1, 0.15) is 49.4 Å². The van der Waals surface area contributed by atoms with Gasteiger partial charge in [0.15, 0.2) is 6.73 Å². The molecule has 7 nitrogen and oxygen atoms in total. The summed E-state index contributed by atoms with van der Waals surface area (Å²) in [5.74, 6) is 0.459. The minimum absolute atomic E-state index is 0.0989. The zero-order chi connectivity index (χ0) is 21.0. The van der Waals surface area contributed by atoms with Crippen molar-refractivity contribution in [3.63, 3.8) is 0 Å². The molecule has 0 fully saturated rings. The number of nitrogens with zero attached hydrogens (tertiary/aromatic N) is 4. The summed E-state index contributed by atoms with van der Waals surface area (Å²) >= 11 is 6.12. The highest BCUT2D eigenvalue weighted by atomic mass is 35.5. The normalized spacial score (nSPS) is 11.5. The second-order valence-corrected chi connectivity index (χ2v) is 8.16. The molecule has 0 radical (unpaired) electrons. The smallest absolute Gasteiger partial charge is 0.272 e. The van der Waals surface area contributed by atoms with Crippen molar-refractivity contribution in [3.8, 4) is 5.75 Å². The number of carbonyl (C=O) groups excluding carboxylic acids is 1. The van der Waals surface area contributed by atoms with Gasteiger partial charge in [-0.3, -0.25) is 9.48 Å². The molecule has 0 unspecified atom stereocenters. The molecule has 0 spiro atoms. The molecule has 3 rings (SSSR count). The van der Waals surface area contributed by atoms with E-state index < -0.39 is 0 Å². The standard InChI is InChI=1S/C21H26ClN5O2/c1-5-26-13-17(22)19(25-26)12-23-20(28)18-10-11-27(24-18)14-29-16-8-6-15(7-9-16)21(2,3)4/h6-11,13H,5,12,14H2,1-4H3,(H,23,28). The summed E-state index contributed by atoms with van der Waals surface area (Å²) in [4.78, 5) is 12.3. The molecule has 29 heavy (non-hydrogen) atoms. The van der Waals surface area contributed by atoms with E-state index in [2.05, 4.69) is 48.4 Å². The minimum Gasteiger partial charge on any atom is -0.471 e. The van der Waals surface area contributed by atoms with E-state index in [0.29, 0.717) is 16.4 Å². The number of hydrogen-bond acceptors (Lipinski definition) is 4. The predicted octanol–water partition coefficient (Wildman–Crippen LogP) is 4.02. The van der Waals surface area contributed by atoms with Crippen molar-refractivity contribution in [2.24, 2.45) is 0 Å². The maximum absolute atomic E-state index is 12.3. The lowest BCUT2D eigenvalue weighted by Gasteiger charge is -2.19. The van der Waals surface area contributed by atoms with Gasteiger partial charge in [-0.15, -0.1) is 0 Å². The third kappa shape index (κ3) is 5.38. The molecule has 0 atom stereocenters. The second kappa shape index (κ2) is 8.69. The first kappa shape index (κ1) is 20.9. The number of nitrogens with one attached hydrogen (secondary N) is 1. The van der Waals surface area contributed by atoms with Crippen molar-refractivity contribution in [3.05, 3.63) is 64.7 Å². The van der Waals surface area contributed by atoms with Gasteiger partial charge in [0.25, 0.3) is 5.91 Å². The summed E-state index contributed by atoms with van der Waals surface area (Å²) < 4.78 is 9.05. The van der Waals surface area contributed by atoms with E-state index in [-0.39, 0.29) is 24.6 Å². The monoisotopic (exact) mass is 415 g/mol. The van der Waals surface area contributed by atoms with Crippen LogP contribution in [-0.4, -0.2) is 25.5 Å². The van der Waals surface area contributed by atoms with Crippen LogP contribution < -0.4 is 10.1 Å². The van der Waals surface area contributed by atoms with Crippen LogP contribution >= 0.6 is 11.6 Å². The van der Waals surface area contributed by atoms with Crippen molar-refractivity contribution < 1.29 is 9.53 Å². The van der Waals surface area contributed by atoms with Gasteiger partial charge in [-0.2, -0.15) is 10.2 Å². The Hall–Kier alpha value is -2.80. The quantitative estimate of drug-likeness (QED) is 0.632. The molecule has 1 aromatic carbocycles. The van der Waals surface area contributed by atoms with Crippen LogP contribution in [-0.2, 0) is 25.2 Å². The summed E-state index contributed by atoms with van der Waals surface area (Å²) in [5, 5.41) is 11.9. The van der Waals surface area contributed by atoms with E-state index in [1.807, 2.05) is 19.1 Å². The van der Waals surface area contributed by atoms with Crippen LogP contribution in [0.15, 0.2) is 42.7 Å². The Labute approximate surface area is 175 Å². The van der Waals surface area contributed by atoms with Crippen LogP contribution in [0.2, 0.25) is 5.02 Å². The van der Waals surface area contributed by atoms with Gasteiger partial charge in [-0.1, -0.05) is 44.5 Å². The van der Waals surface area contributed by atoms with Gasteiger partial charge in [0.2, 0.25) is 0 Å². The third-order valence-electron chi connectivity index (χ3n) is 4.48. The Morgan fingerprint density at radius 3 is 2.48 bits per heavy atom. The molecular weight excluding hydrogens is 390 g/mol. The molecular formula is C21H26ClN5O2. The highest BCUT2D eigenvalue weighted by molar-refractivity contribution is 6.31. The zero-order valence-electron chi connectivity index (χ0n) is 17.1. The fraction of sp³-hybridized carbons (Fsp3) is 0.381. The van der Waals surface area contributed by atoms with Crippen molar-refractivity contribution in [1.29, 1.82) is 0 Å². The molecule has 3 aromatic rings. The number of carbonyl (C=O) groups is 1. The number of hydrogen-bond donors (Lipinski definition) is 1. The molecule has 154 valence electrons. The number of benzene rings is 1. The number of ether oxygens (including phenoxy) is 1. The van der Waals surface area contributed by atoms with Crippen LogP contribution in [0, 0.1) is 0 Å². The molecule has 1 N–H and O–H groups in total. The lowest BCUT2D eigenvalue weighted by molar-refractivity contribution is 0.0943. The highest BCUT2D eigenvalue weighted by Gasteiger charge is 2.14. The Morgan fingerprint density at radius 2 is 1.86 bits per heavy atom.